The van der Waals surface area contributed by atoms with Gasteiger partial charge in [-0.3, -0.25) is 0 Å². The molecule has 0 amide bonds. The predicted molar refractivity (Wildman–Crippen MR) is 170 cm³/mol. The Labute approximate surface area is 238 Å². The van der Waals surface area contributed by atoms with E-state index in [0.717, 1.165) is 6.54 Å². The van der Waals surface area contributed by atoms with Gasteiger partial charge in [0.05, 0.1) is 16.8 Å². The normalized spacial score (nSPS) is 20.3. The van der Waals surface area contributed by atoms with Gasteiger partial charge in [-0.25, -0.2) is 0 Å². The maximum atomic E-state index is 2.59. The molecule has 3 heteroatoms. The van der Waals surface area contributed by atoms with Crippen molar-refractivity contribution in [2.45, 2.75) is 43.7 Å². The van der Waals surface area contributed by atoms with E-state index in [0.29, 0.717) is 6.71 Å². The van der Waals surface area contributed by atoms with Crippen molar-refractivity contribution in [2.24, 2.45) is 0 Å². The molecule has 4 aliphatic rings. The average Bonchev–Trinajstić information content (AvgIpc) is 3.22. The second-order valence-corrected chi connectivity index (χ2v) is 13.2. The van der Waals surface area contributed by atoms with Crippen LogP contribution in [0.2, 0.25) is 10.6 Å². The Hall–Kier alpha value is -3.98. The standard InChI is InChI=1S/C37H35BN2/c1-35(2)36(3,4)38(35)25-21-22-27-28-16-13-23-39(5)34(28)37(31(27)24-25)29-17-9-11-19-32(29)40(26-14-7-6-8-15-26)33-20-12-10-18-30(33)37/h6-22,24H,23H2,1-5H3. The van der Waals surface area contributed by atoms with Gasteiger partial charge >= 0.3 is 0 Å². The number of para-hydroxylation sites is 3. The van der Waals surface area contributed by atoms with Crippen molar-refractivity contribution >= 4 is 34.8 Å². The molecule has 0 N–H and O–H groups in total. The van der Waals surface area contributed by atoms with Crippen LogP contribution in [0.3, 0.4) is 0 Å². The molecule has 1 aliphatic carbocycles. The summed E-state index contributed by atoms with van der Waals surface area (Å²) in [7, 11) is 2.27. The molecular formula is C37H35BN2. The molecule has 3 heterocycles. The van der Waals surface area contributed by atoms with Crippen molar-refractivity contribution < 1.29 is 0 Å². The summed E-state index contributed by atoms with van der Waals surface area (Å²) in [5.41, 5.74) is 13.1. The highest BCUT2D eigenvalue weighted by Crippen LogP contribution is 2.73. The van der Waals surface area contributed by atoms with Crippen LogP contribution in [-0.2, 0) is 5.41 Å². The summed E-state index contributed by atoms with van der Waals surface area (Å²) in [4.78, 5) is 4.95. The van der Waals surface area contributed by atoms with Crippen molar-refractivity contribution in [1.82, 2.24) is 4.90 Å². The van der Waals surface area contributed by atoms with Crippen LogP contribution in [0, 0.1) is 0 Å². The fourth-order valence-corrected chi connectivity index (χ4v) is 8.50. The molecule has 8 rings (SSSR count). The largest absolute Gasteiger partial charge is 0.372 e. The number of hydrogen-bond donors (Lipinski definition) is 0. The van der Waals surface area contributed by atoms with Crippen LogP contribution in [0.1, 0.15) is 49.9 Å². The average molecular weight is 519 g/mol. The van der Waals surface area contributed by atoms with Crippen LogP contribution < -0.4 is 10.4 Å². The minimum atomic E-state index is -0.387. The quantitative estimate of drug-likeness (QED) is 0.246. The van der Waals surface area contributed by atoms with Crippen molar-refractivity contribution in [3.8, 4) is 0 Å². The lowest BCUT2D eigenvalue weighted by atomic mass is 9.52. The molecule has 4 aromatic carbocycles. The number of nitrogens with zero attached hydrogens (tertiary/aromatic N) is 2. The summed E-state index contributed by atoms with van der Waals surface area (Å²) in [6.07, 6.45) is 4.70. The van der Waals surface area contributed by atoms with Gasteiger partial charge in [0.2, 0.25) is 0 Å². The van der Waals surface area contributed by atoms with Gasteiger partial charge in [0.25, 0.3) is 0 Å². The molecule has 1 fully saturated rings. The van der Waals surface area contributed by atoms with Crippen molar-refractivity contribution in [3.63, 3.8) is 0 Å². The Balaban J connectivity index is 1.49. The second kappa shape index (κ2) is 7.82. The van der Waals surface area contributed by atoms with Crippen LogP contribution in [0.4, 0.5) is 17.1 Å². The van der Waals surface area contributed by atoms with E-state index in [2.05, 4.69) is 154 Å². The van der Waals surface area contributed by atoms with Gasteiger partial charge in [0.1, 0.15) is 0 Å². The van der Waals surface area contributed by atoms with Crippen LogP contribution in [-0.4, -0.2) is 25.2 Å². The zero-order valence-electron chi connectivity index (χ0n) is 24.1. The summed E-state index contributed by atoms with van der Waals surface area (Å²) in [6.45, 7) is 11.2. The summed E-state index contributed by atoms with van der Waals surface area (Å²) < 4.78 is 0. The number of rotatable bonds is 2. The minimum absolute atomic E-state index is 0.281. The van der Waals surface area contributed by atoms with Crippen LogP contribution >= 0.6 is 0 Å². The second-order valence-electron chi connectivity index (χ2n) is 13.2. The molecule has 4 aromatic rings. The first-order chi connectivity index (χ1) is 19.3. The Morgan fingerprint density at radius 2 is 1.27 bits per heavy atom. The SMILES string of the molecule is CN1CC=CC2=C1C1(c3cc(B4C(C)(C)C4(C)C)ccc32)c2ccccc2N(c2ccccc2)c2ccccc21. The third-order valence-electron chi connectivity index (χ3n) is 10.9. The van der Waals surface area contributed by atoms with Crippen LogP contribution in [0.15, 0.2) is 115 Å². The molecule has 0 unspecified atom stereocenters. The maximum Gasteiger partial charge on any atom is 0.187 e. The Kier molecular flexibility index (Phi) is 4.67. The predicted octanol–water partition coefficient (Wildman–Crippen LogP) is 8.31. The van der Waals surface area contributed by atoms with Gasteiger partial charge in [-0.2, -0.15) is 0 Å². The highest BCUT2D eigenvalue weighted by molar-refractivity contribution is 6.89. The lowest BCUT2D eigenvalue weighted by Crippen LogP contribution is -2.42. The number of benzene rings is 4. The van der Waals surface area contributed by atoms with E-state index in [1.807, 2.05) is 0 Å². The van der Waals surface area contributed by atoms with E-state index in [9.17, 15) is 0 Å². The van der Waals surface area contributed by atoms with Gasteiger partial charge < -0.3 is 9.80 Å². The molecule has 0 radical (unpaired) electrons. The van der Waals surface area contributed by atoms with Gasteiger partial charge in [-0.15, -0.1) is 0 Å². The molecule has 0 saturated carbocycles. The number of anilines is 3. The molecular weight excluding hydrogens is 483 g/mol. The van der Waals surface area contributed by atoms with Gasteiger partial charge in [-0.1, -0.05) is 129 Å². The van der Waals surface area contributed by atoms with E-state index < -0.39 is 0 Å². The summed E-state index contributed by atoms with van der Waals surface area (Å²) in [5.74, 6) is 0. The zero-order chi connectivity index (χ0) is 27.4. The highest BCUT2D eigenvalue weighted by Gasteiger charge is 2.68. The van der Waals surface area contributed by atoms with E-state index in [1.54, 1.807) is 0 Å². The van der Waals surface area contributed by atoms with E-state index in [1.165, 1.54) is 56.0 Å². The Bertz CT molecular complexity index is 1700. The Morgan fingerprint density at radius 3 is 1.90 bits per heavy atom. The molecule has 2 nitrogen and oxygen atoms in total. The lowest BCUT2D eigenvalue weighted by Gasteiger charge is -2.47. The number of fused-ring (bicyclic) bond motifs is 8. The molecule has 40 heavy (non-hydrogen) atoms. The molecule has 1 spiro atoms. The smallest absolute Gasteiger partial charge is 0.187 e. The number of allylic oxidation sites excluding steroid dienone is 3. The summed E-state index contributed by atoms with van der Waals surface area (Å²) in [5, 5.41) is 0.562. The highest BCUT2D eigenvalue weighted by atomic mass is 15.2. The molecule has 0 bridgehead atoms. The van der Waals surface area contributed by atoms with Crippen LogP contribution in [0.5, 0.6) is 0 Å². The number of likely N-dealkylation sites (N-methyl/N-ethyl adjacent to an activating group) is 1. The minimum Gasteiger partial charge on any atom is -0.372 e. The third kappa shape index (κ3) is 2.76. The first kappa shape index (κ1) is 23.9. The van der Waals surface area contributed by atoms with E-state index in [-0.39, 0.29) is 16.0 Å². The summed E-state index contributed by atoms with van der Waals surface area (Å²) in [6, 6.07) is 36.5. The monoisotopic (exact) mass is 518 g/mol. The first-order valence-electron chi connectivity index (χ1n) is 14.6. The zero-order valence-corrected chi connectivity index (χ0v) is 24.1. The molecule has 196 valence electrons. The first-order valence-corrected chi connectivity index (χ1v) is 14.6. The number of hydrogen-bond acceptors (Lipinski definition) is 2. The van der Waals surface area contributed by atoms with E-state index in [4.69, 9.17) is 0 Å². The summed E-state index contributed by atoms with van der Waals surface area (Å²) >= 11 is 0. The van der Waals surface area contributed by atoms with Gasteiger partial charge in [0.15, 0.2) is 6.71 Å². The van der Waals surface area contributed by atoms with Gasteiger partial charge in [0, 0.05) is 30.5 Å². The molecule has 1 saturated heterocycles. The van der Waals surface area contributed by atoms with Crippen molar-refractivity contribution in [1.29, 1.82) is 0 Å². The van der Waals surface area contributed by atoms with Gasteiger partial charge in [-0.05, 0) is 46.5 Å². The maximum absolute atomic E-state index is 2.59. The fraction of sp³-hybridized carbons (Fsp3) is 0.243. The Morgan fingerprint density at radius 1 is 0.675 bits per heavy atom. The van der Waals surface area contributed by atoms with E-state index >= 15 is 0 Å². The van der Waals surface area contributed by atoms with Crippen molar-refractivity contribution in [3.05, 3.63) is 137 Å². The third-order valence-corrected chi connectivity index (χ3v) is 10.9. The molecule has 3 aliphatic heterocycles. The lowest BCUT2D eigenvalue weighted by molar-refractivity contribution is 0.408. The fourth-order valence-electron chi connectivity index (χ4n) is 8.50. The van der Waals surface area contributed by atoms with Crippen LogP contribution in [0.25, 0.3) is 5.57 Å². The topological polar surface area (TPSA) is 6.48 Å². The molecule has 0 aromatic heterocycles. The van der Waals surface area contributed by atoms with Crippen molar-refractivity contribution in [2.75, 3.05) is 18.5 Å². The molecule has 0 atom stereocenters.